The molecular weight excluding hydrogens is 276 g/mol. The van der Waals surface area contributed by atoms with Gasteiger partial charge in [-0.2, -0.15) is 0 Å². The Balaban J connectivity index is 2.56. The van der Waals surface area contributed by atoms with E-state index in [1.807, 2.05) is 0 Å². The molecule has 0 heterocycles. The molecule has 0 atom stereocenters. The normalized spacial score (nSPS) is 11.8. The molecule has 0 N–H and O–H groups in total. The van der Waals surface area contributed by atoms with E-state index in [1.165, 1.54) is 24.0 Å². The maximum absolute atomic E-state index is 6.19. The van der Waals surface area contributed by atoms with Crippen LogP contribution in [0, 0.1) is 6.92 Å². The molecule has 0 aliphatic rings. The van der Waals surface area contributed by atoms with Gasteiger partial charge in [0.05, 0.1) is 0 Å². The largest absolute Gasteiger partial charge is 0.394 e. The summed E-state index contributed by atoms with van der Waals surface area (Å²) >= 11 is 0. The summed E-state index contributed by atoms with van der Waals surface area (Å²) in [6.45, 7) is 10.5. The van der Waals surface area contributed by atoms with Crippen LogP contribution in [0.15, 0.2) is 24.3 Å². The Bertz CT molecular complexity index is 383. The SMILES string of the molecule is CCCCO[Si](C)(CCc1ccccc1C)OCCCC. The first-order valence-corrected chi connectivity index (χ1v) is 11.0. The fourth-order valence-corrected chi connectivity index (χ4v) is 4.55. The van der Waals surface area contributed by atoms with Crippen molar-refractivity contribution in [1.82, 2.24) is 0 Å². The second kappa shape index (κ2) is 10.1. The molecule has 1 aromatic rings. The van der Waals surface area contributed by atoms with Gasteiger partial charge in [-0.3, -0.25) is 0 Å². The molecule has 0 spiro atoms. The lowest BCUT2D eigenvalue weighted by atomic mass is 10.1. The van der Waals surface area contributed by atoms with Crippen LogP contribution in [-0.4, -0.2) is 21.8 Å². The summed E-state index contributed by atoms with van der Waals surface area (Å²) in [5.41, 5.74) is 2.80. The van der Waals surface area contributed by atoms with Crippen LogP contribution in [0.2, 0.25) is 12.6 Å². The van der Waals surface area contributed by atoms with Crippen molar-refractivity contribution in [1.29, 1.82) is 0 Å². The van der Waals surface area contributed by atoms with E-state index in [9.17, 15) is 0 Å². The van der Waals surface area contributed by atoms with Crippen LogP contribution in [-0.2, 0) is 15.3 Å². The van der Waals surface area contributed by atoms with Crippen LogP contribution < -0.4 is 0 Å². The molecule has 0 aliphatic heterocycles. The summed E-state index contributed by atoms with van der Waals surface area (Å²) < 4.78 is 12.4. The number of aryl methyl sites for hydroxylation is 2. The maximum Gasteiger partial charge on any atom is 0.335 e. The summed E-state index contributed by atoms with van der Waals surface area (Å²) in [5.74, 6) is 0. The quantitative estimate of drug-likeness (QED) is 0.411. The number of unbranched alkanes of at least 4 members (excludes halogenated alkanes) is 2. The van der Waals surface area contributed by atoms with Crippen molar-refractivity contribution >= 4 is 8.56 Å². The Morgan fingerprint density at radius 2 is 1.52 bits per heavy atom. The van der Waals surface area contributed by atoms with Crippen molar-refractivity contribution in [3.05, 3.63) is 35.4 Å². The highest BCUT2D eigenvalue weighted by Gasteiger charge is 2.31. The van der Waals surface area contributed by atoms with Gasteiger partial charge in [-0.15, -0.1) is 0 Å². The zero-order chi connectivity index (χ0) is 15.6. The molecule has 0 saturated carbocycles. The van der Waals surface area contributed by atoms with Crippen LogP contribution in [0.3, 0.4) is 0 Å². The molecule has 120 valence electrons. The Kier molecular flexibility index (Phi) is 8.89. The second-order valence-corrected chi connectivity index (χ2v) is 9.31. The lowest BCUT2D eigenvalue weighted by molar-refractivity contribution is 0.168. The molecule has 0 aliphatic carbocycles. The molecule has 1 rings (SSSR count). The van der Waals surface area contributed by atoms with Crippen molar-refractivity contribution < 1.29 is 8.85 Å². The lowest BCUT2D eigenvalue weighted by Gasteiger charge is -2.27. The lowest BCUT2D eigenvalue weighted by Crippen LogP contribution is -2.40. The minimum atomic E-state index is -2.03. The molecule has 0 radical (unpaired) electrons. The average molecular weight is 309 g/mol. The first-order valence-electron chi connectivity index (χ1n) is 8.43. The van der Waals surface area contributed by atoms with Gasteiger partial charge in [0.1, 0.15) is 0 Å². The van der Waals surface area contributed by atoms with Crippen LogP contribution in [0.25, 0.3) is 0 Å². The van der Waals surface area contributed by atoms with Crippen LogP contribution in [0.4, 0.5) is 0 Å². The predicted molar refractivity (Wildman–Crippen MR) is 93.0 cm³/mol. The van der Waals surface area contributed by atoms with Gasteiger partial charge in [-0.25, -0.2) is 0 Å². The fourth-order valence-electron chi connectivity index (χ4n) is 2.30. The highest BCUT2D eigenvalue weighted by atomic mass is 28.4. The first kappa shape index (κ1) is 18.4. The summed E-state index contributed by atoms with van der Waals surface area (Å²) in [4.78, 5) is 0. The van der Waals surface area contributed by atoms with Gasteiger partial charge in [0.15, 0.2) is 0 Å². The van der Waals surface area contributed by atoms with Crippen LogP contribution in [0.1, 0.15) is 50.7 Å². The molecule has 0 amide bonds. The average Bonchev–Trinajstić information content (AvgIpc) is 2.47. The summed E-state index contributed by atoms with van der Waals surface area (Å²) in [5, 5.41) is 0. The fraction of sp³-hybridized carbons (Fsp3) is 0.667. The number of rotatable bonds is 11. The standard InChI is InChI=1S/C18H32O2Si/c1-5-7-14-19-21(4,20-15-8-6-2)16-13-18-12-10-9-11-17(18)3/h9-12H,5-8,13-16H2,1-4H3. The van der Waals surface area contributed by atoms with Crippen LogP contribution >= 0.6 is 0 Å². The van der Waals surface area contributed by atoms with Crippen molar-refractivity contribution in [2.45, 2.75) is 65.5 Å². The monoisotopic (exact) mass is 308 g/mol. The molecule has 2 nitrogen and oxygen atoms in total. The molecule has 0 bridgehead atoms. The molecule has 0 saturated heterocycles. The van der Waals surface area contributed by atoms with E-state index in [4.69, 9.17) is 8.85 Å². The minimum Gasteiger partial charge on any atom is -0.394 e. The van der Waals surface area contributed by atoms with Crippen molar-refractivity contribution in [3.8, 4) is 0 Å². The van der Waals surface area contributed by atoms with Gasteiger partial charge in [0.25, 0.3) is 0 Å². The zero-order valence-corrected chi connectivity index (χ0v) is 15.3. The van der Waals surface area contributed by atoms with Gasteiger partial charge in [0, 0.05) is 13.2 Å². The van der Waals surface area contributed by atoms with Crippen molar-refractivity contribution in [2.24, 2.45) is 0 Å². The van der Waals surface area contributed by atoms with Gasteiger partial charge in [0.2, 0.25) is 0 Å². The number of hydrogen-bond donors (Lipinski definition) is 0. The molecule has 3 heteroatoms. The highest BCUT2D eigenvalue weighted by Crippen LogP contribution is 2.20. The van der Waals surface area contributed by atoms with E-state index in [0.717, 1.165) is 38.5 Å². The Morgan fingerprint density at radius 3 is 2.05 bits per heavy atom. The topological polar surface area (TPSA) is 18.5 Å². The minimum absolute atomic E-state index is 0.846. The van der Waals surface area contributed by atoms with E-state index in [-0.39, 0.29) is 0 Å². The third-order valence-electron chi connectivity index (χ3n) is 3.92. The van der Waals surface area contributed by atoms with Gasteiger partial charge in [-0.1, -0.05) is 51.0 Å². The molecule has 1 aromatic carbocycles. The molecular formula is C18H32O2Si. The Labute approximate surface area is 132 Å². The Hall–Kier alpha value is -0.643. The summed E-state index contributed by atoms with van der Waals surface area (Å²) in [6.07, 6.45) is 5.68. The van der Waals surface area contributed by atoms with Crippen LogP contribution in [0.5, 0.6) is 0 Å². The van der Waals surface area contributed by atoms with Gasteiger partial charge < -0.3 is 8.85 Å². The van der Waals surface area contributed by atoms with Crippen molar-refractivity contribution in [2.75, 3.05) is 13.2 Å². The number of benzene rings is 1. The van der Waals surface area contributed by atoms with Gasteiger partial charge >= 0.3 is 8.56 Å². The van der Waals surface area contributed by atoms with E-state index >= 15 is 0 Å². The third kappa shape index (κ3) is 7.25. The number of hydrogen-bond acceptors (Lipinski definition) is 2. The molecule has 0 fully saturated rings. The van der Waals surface area contributed by atoms with E-state index in [1.54, 1.807) is 0 Å². The van der Waals surface area contributed by atoms with Crippen molar-refractivity contribution in [3.63, 3.8) is 0 Å². The van der Waals surface area contributed by atoms with E-state index in [0.29, 0.717) is 0 Å². The highest BCUT2D eigenvalue weighted by molar-refractivity contribution is 6.66. The summed E-state index contributed by atoms with van der Waals surface area (Å²) in [6, 6.07) is 9.68. The second-order valence-electron chi connectivity index (χ2n) is 5.96. The molecule has 0 unspecified atom stereocenters. The first-order chi connectivity index (χ1) is 10.1. The summed E-state index contributed by atoms with van der Waals surface area (Å²) in [7, 11) is -2.03. The Morgan fingerprint density at radius 1 is 0.952 bits per heavy atom. The zero-order valence-electron chi connectivity index (χ0n) is 14.3. The molecule has 21 heavy (non-hydrogen) atoms. The molecule has 0 aromatic heterocycles. The predicted octanol–water partition coefficient (Wildman–Crippen LogP) is 5.24. The maximum atomic E-state index is 6.19. The third-order valence-corrected chi connectivity index (χ3v) is 6.71. The van der Waals surface area contributed by atoms with E-state index < -0.39 is 8.56 Å². The smallest absolute Gasteiger partial charge is 0.335 e. The van der Waals surface area contributed by atoms with Gasteiger partial charge in [-0.05, 0) is 49.9 Å². The van der Waals surface area contributed by atoms with E-state index in [2.05, 4.69) is 51.6 Å².